The minimum Gasteiger partial charge on any atom is -0.466 e. The fraction of sp³-hybridized carbons (Fsp3) is 0.667. The van der Waals surface area contributed by atoms with Crippen molar-refractivity contribution in [1.82, 2.24) is 5.32 Å². The van der Waals surface area contributed by atoms with Gasteiger partial charge >= 0.3 is 11.9 Å². The average molecular weight is 323 g/mol. The number of cyclic esters (lactones) is 1. The summed E-state index contributed by atoms with van der Waals surface area (Å²) in [6.45, 7) is 1.51. The van der Waals surface area contributed by atoms with Crippen LogP contribution in [0.5, 0.6) is 0 Å². The van der Waals surface area contributed by atoms with Crippen molar-refractivity contribution in [3.63, 3.8) is 0 Å². The van der Waals surface area contributed by atoms with E-state index in [1.807, 2.05) is 0 Å². The Balaban J connectivity index is 2.00. The minimum absolute atomic E-state index is 0.0668. The van der Waals surface area contributed by atoms with Crippen LogP contribution in [0.4, 0.5) is 0 Å². The largest absolute Gasteiger partial charge is 0.466 e. The predicted molar refractivity (Wildman–Crippen MR) is 72.7 cm³/mol. The number of aliphatic hydroxyl groups is 2. The molecule has 124 valence electrons. The van der Waals surface area contributed by atoms with Gasteiger partial charge in [0, 0.05) is 6.42 Å². The Bertz CT molecular complexity index is 702. The summed E-state index contributed by atoms with van der Waals surface area (Å²) in [4.78, 5) is 36.6. The molecule has 2 aliphatic heterocycles. The van der Waals surface area contributed by atoms with E-state index in [2.05, 4.69) is 5.32 Å². The van der Waals surface area contributed by atoms with Gasteiger partial charge in [0.25, 0.3) is 0 Å². The molecule has 1 saturated carbocycles. The van der Waals surface area contributed by atoms with Gasteiger partial charge in [0.1, 0.15) is 6.61 Å². The first-order valence-corrected chi connectivity index (χ1v) is 7.39. The van der Waals surface area contributed by atoms with Crippen LogP contribution < -0.4 is 5.32 Å². The van der Waals surface area contributed by atoms with Crippen molar-refractivity contribution < 1.29 is 34.1 Å². The van der Waals surface area contributed by atoms with Gasteiger partial charge in [-0.15, -0.1) is 0 Å². The number of ketones is 1. The highest BCUT2D eigenvalue weighted by molar-refractivity contribution is 5.99. The topological polar surface area (TPSA) is 122 Å². The molecule has 2 aliphatic carbocycles. The van der Waals surface area contributed by atoms with Gasteiger partial charge in [-0.2, -0.15) is 0 Å². The molecule has 8 heteroatoms. The van der Waals surface area contributed by atoms with E-state index < -0.39 is 40.1 Å². The summed E-state index contributed by atoms with van der Waals surface area (Å²) in [5.74, 6) is -2.03. The Labute approximate surface area is 131 Å². The van der Waals surface area contributed by atoms with Crippen LogP contribution in [0.2, 0.25) is 0 Å². The van der Waals surface area contributed by atoms with Gasteiger partial charge in [0.2, 0.25) is 5.72 Å². The van der Waals surface area contributed by atoms with Crippen molar-refractivity contribution in [2.45, 2.75) is 37.1 Å². The molecule has 0 amide bonds. The lowest BCUT2D eigenvalue weighted by molar-refractivity contribution is -0.176. The molecule has 2 heterocycles. The van der Waals surface area contributed by atoms with E-state index >= 15 is 0 Å². The second-order valence-electron chi connectivity index (χ2n) is 7.06. The molecular formula is C15H17NO7. The lowest BCUT2D eigenvalue weighted by atomic mass is 9.53. The summed E-state index contributed by atoms with van der Waals surface area (Å²) < 4.78 is 9.79. The maximum atomic E-state index is 12.3. The smallest absolute Gasteiger partial charge is 0.354 e. The molecule has 3 N–H and O–H groups in total. The van der Waals surface area contributed by atoms with Gasteiger partial charge in [0.05, 0.1) is 24.0 Å². The molecule has 4 aliphatic rings. The number of allylic oxidation sites excluding steroid dienone is 1. The molecule has 2 saturated heterocycles. The number of fused-ring (bicyclic) bond motifs is 4. The van der Waals surface area contributed by atoms with Crippen LogP contribution in [0.15, 0.2) is 11.6 Å². The summed E-state index contributed by atoms with van der Waals surface area (Å²) in [6.07, 6.45) is 1.30. The highest BCUT2D eigenvalue weighted by Gasteiger charge is 2.81. The van der Waals surface area contributed by atoms with Crippen molar-refractivity contribution in [2.24, 2.45) is 10.8 Å². The standard InChI is InChI=1S/C15H17NO7/c1-12-6-23-10(18)14(12,20)9-5-13(4-7(17)3-8(12)13)15(21,16-9)11(19)22-2/h3,9,16,20-21H,4-6H2,1-2H3/t9-,12+,13+,14-,15?/m1/s1. The molecule has 1 spiro atoms. The zero-order valence-corrected chi connectivity index (χ0v) is 12.7. The molecular weight excluding hydrogens is 306 g/mol. The molecule has 1 unspecified atom stereocenters. The van der Waals surface area contributed by atoms with E-state index in [9.17, 15) is 24.6 Å². The van der Waals surface area contributed by atoms with E-state index in [4.69, 9.17) is 9.47 Å². The predicted octanol–water partition coefficient (Wildman–Crippen LogP) is -1.60. The van der Waals surface area contributed by atoms with Crippen molar-refractivity contribution in [3.8, 4) is 0 Å². The quantitative estimate of drug-likeness (QED) is 0.493. The van der Waals surface area contributed by atoms with E-state index in [-0.39, 0.29) is 25.2 Å². The lowest BCUT2D eigenvalue weighted by Gasteiger charge is -2.49. The number of carbonyl (C=O) groups is 3. The molecule has 23 heavy (non-hydrogen) atoms. The molecule has 2 bridgehead atoms. The maximum absolute atomic E-state index is 12.3. The van der Waals surface area contributed by atoms with Crippen LogP contribution in [-0.4, -0.2) is 59.0 Å². The number of rotatable bonds is 1. The summed E-state index contributed by atoms with van der Waals surface area (Å²) in [5, 5.41) is 24.8. The lowest BCUT2D eigenvalue weighted by Crippen LogP contribution is -2.63. The van der Waals surface area contributed by atoms with Crippen LogP contribution in [0.1, 0.15) is 19.8 Å². The number of carbonyl (C=O) groups excluding carboxylic acids is 3. The summed E-state index contributed by atoms with van der Waals surface area (Å²) >= 11 is 0. The molecule has 0 aromatic carbocycles. The molecule has 0 radical (unpaired) electrons. The van der Waals surface area contributed by atoms with Gasteiger partial charge < -0.3 is 19.7 Å². The van der Waals surface area contributed by atoms with Crippen molar-refractivity contribution in [3.05, 3.63) is 11.6 Å². The SMILES string of the molecule is COC(=O)C1(O)N[C@@H]2C[C@]13CC(=O)C=C3[C@]1(C)COC(=O)[C@]21O. The third-order valence-corrected chi connectivity index (χ3v) is 6.15. The van der Waals surface area contributed by atoms with E-state index in [0.717, 1.165) is 7.11 Å². The Hall–Kier alpha value is -1.77. The van der Waals surface area contributed by atoms with Gasteiger partial charge in [0.15, 0.2) is 11.4 Å². The van der Waals surface area contributed by atoms with E-state index in [1.54, 1.807) is 6.92 Å². The number of nitrogens with one attached hydrogen (secondary N) is 1. The molecule has 8 nitrogen and oxygen atoms in total. The molecule has 3 fully saturated rings. The zero-order chi connectivity index (χ0) is 16.8. The highest BCUT2D eigenvalue weighted by Crippen LogP contribution is 2.68. The second kappa shape index (κ2) is 3.82. The number of hydrogen-bond donors (Lipinski definition) is 3. The van der Waals surface area contributed by atoms with E-state index in [0.29, 0.717) is 5.57 Å². The second-order valence-corrected chi connectivity index (χ2v) is 7.06. The number of esters is 2. The van der Waals surface area contributed by atoms with Crippen LogP contribution in [0.3, 0.4) is 0 Å². The van der Waals surface area contributed by atoms with Gasteiger partial charge in [-0.1, -0.05) is 0 Å². The summed E-state index contributed by atoms with van der Waals surface area (Å²) in [5.41, 5.74) is -6.18. The number of hydrogen-bond acceptors (Lipinski definition) is 8. The fourth-order valence-electron chi connectivity index (χ4n) is 4.99. The minimum atomic E-state index is -2.17. The van der Waals surface area contributed by atoms with Crippen LogP contribution in [0, 0.1) is 10.8 Å². The first-order chi connectivity index (χ1) is 10.7. The summed E-state index contributed by atoms with van der Waals surface area (Å²) in [7, 11) is 1.13. The number of ether oxygens (including phenoxy) is 2. The first-order valence-electron chi connectivity index (χ1n) is 7.39. The third kappa shape index (κ3) is 1.25. The van der Waals surface area contributed by atoms with Gasteiger partial charge in [-0.3, -0.25) is 10.1 Å². The Morgan fingerprint density at radius 3 is 2.78 bits per heavy atom. The van der Waals surface area contributed by atoms with Crippen molar-refractivity contribution >= 4 is 17.7 Å². The molecule has 0 aromatic rings. The average Bonchev–Trinajstić information content (AvgIpc) is 3.08. The van der Waals surface area contributed by atoms with Crippen LogP contribution in [0.25, 0.3) is 0 Å². The third-order valence-electron chi connectivity index (χ3n) is 6.15. The molecule has 5 atom stereocenters. The Morgan fingerprint density at radius 2 is 2.13 bits per heavy atom. The Morgan fingerprint density at radius 1 is 1.43 bits per heavy atom. The van der Waals surface area contributed by atoms with E-state index in [1.165, 1.54) is 6.08 Å². The van der Waals surface area contributed by atoms with Crippen LogP contribution in [-0.2, 0) is 23.9 Å². The molecule has 0 aromatic heterocycles. The fourth-order valence-corrected chi connectivity index (χ4v) is 4.99. The number of methoxy groups -OCH3 is 1. The Kier molecular flexibility index (Phi) is 2.46. The van der Waals surface area contributed by atoms with Gasteiger partial charge in [-0.25, -0.2) is 9.59 Å². The maximum Gasteiger partial charge on any atom is 0.354 e. The first kappa shape index (κ1) is 14.8. The zero-order valence-electron chi connectivity index (χ0n) is 12.7. The van der Waals surface area contributed by atoms with Crippen LogP contribution >= 0.6 is 0 Å². The summed E-state index contributed by atoms with van der Waals surface area (Å²) in [6, 6.07) is -0.922. The normalized spacial score (nSPS) is 50.3. The van der Waals surface area contributed by atoms with Gasteiger partial charge in [-0.05, 0) is 25.0 Å². The molecule has 4 rings (SSSR count). The highest BCUT2D eigenvalue weighted by atomic mass is 16.6. The monoisotopic (exact) mass is 323 g/mol. The van der Waals surface area contributed by atoms with Crippen molar-refractivity contribution in [2.75, 3.05) is 13.7 Å². The van der Waals surface area contributed by atoms with Crippen molar-refractivity contribution in [1.29, 1.82) is 0 Å².